The number of alkyl halides is 3. The molecule has 2 N–H and O–H groups in total. The molecule has 0 radical (unpaired) electrons. The van der Waals surface area contributed by atoms with Crippen LogP contribution in [0.15, 0.2) is 47.5 Å². The molecule has 1 saturated carbocycles. The van der Waals surface area contributed by atoms with Crippen molar-refractivity contribution < 1.29 is 18.0 Å². The summed E-state index contributed by atoms with van der Waals surface area (Å²) in [6, 6.07) is 11.2. The van der Waals surface area contributed by atoms with Crippen LogP contribution in [-0.2, 0) is 11.0 Å². The molecular weight excluding hydrogens is 379 g/mol. The molecule has 0 heterocycles. The molecule has 2 atom stereocenters. The zero-order chi connectivity index (χ0) is 21.2. The first-order valence-electron chi connectivity index (χ1n) is 9.24. The molecule has 2 aromatic carbocycles. The van der Waals surface area contributed by atoms with Crippen molar-refractivity contribution in [3.05, 3.63) is 64.7 Å². The Hall–Kier alpha value is -2.98. The SMILES string of the molecule is Cc1cc(C#N)ccc1C(N)C1C(=O)CCCC1=Nc1cccc(C(F)(F)F)c1. The van der Waals surface area contributed by atoms with Crippen LogP contribution in [-0.4, -0.2) is 11.5 Å². The van der Waals surface area contributed by atoms with Crippen molar-refractivity contribution in [1.82, 2.24) is 0 Å². The molecule has 0 saturated heterocycles. The Morgan fingerprint density at radius 3 is 2.62 bits per heavy atom. The molecule has 150 valence electrons. The number of aryl methyl sites for hydroxylation is 1. The van der Waals surface area contributed by atoms with Gasteiger partial charge in [-0.3, -0.25) is 9.79 Å². The van der Waals surface area contributed by atoms with Crippen molar-refractivity contribution in [2.24, 2.45) is 16.6 Å². The molecule has 2 unspecified atom stereocenters. The third-order valence-electron chi connectivity index (χ3n) is 5.13. The highest BCUT2D eigenvalue weighted by Gasteiger charge is 2.35. The lowest BCUT2D eigenvalue weighted by molar-refractivity contribution is -0.137. The Bertz CT molecular complexity index is 1010. The minimum absolute atomic E-state index is 0.0711. The molecule has 7 heteroatoms. The van der Waals surface area contributed by atoms with E-state index < -0.39 is 23.7 Å². The van der Waals surface area contributed by atoms with E-state index in [0.29, 0.717) is 30.5 Å². The lowest BCUT2D eigenvalue weighted by Gasteiger charge is -2.29. The van der Waals surface area contributed by atoms with Gasteiger partial charge in [-0.05, 0) is 61.2 Å². The van der Waals surface area contributed by atoms with Crippen molar-refractivity contribution in [3.63, 3.8) is 0 Å². The van der Waals surface area contributed by atoms with Crippen LogP contribution in [0.4, 0.5) is 18.9 Å². The monoisotopic (exact) mass is 399 g/mol. The quantitative estimate of drug-likeness (QED) is 0.786. The maximum absolute atomic E-state index is 13.0. The number of hydrogen-bond donors (Lipinski definition) is 1. The molecule has 0 aromatic heterocycles. The van der Waals surface area contributed by atoms with Crippen LogP contribution in [0.25, 0.3) is 0 Å². The highest BCUT2D eigenvalue weighted by atomic mass is 19.4. The molecular formula is C22H20F3N3O. The summed E-state index contributed by atoms with van der Waals surface area (Å²) in [6.45, 7) is 1.81. The van der Waals surface area contributed by atoms with Crippen LogP contribution in [0.5, 0.6) is 0 Å². The van der Waals surface area contributed by atoms with E-state index in [2.05, 4.69) is 11.1 Å². The van der Waals surface area contributed by atoms with Gasteiger partial charge in [-0.15, -0.1) is 0 Å². The van der Waals surface area contributed by atoms with Gasteiger partial charge in [0.1, 0.15) is 5.78 Å². The fraction of sp³-hybridized carbons (Fsp3) is 0.318. The van der Waals surface area contributed by atoms with E-state index in [1.807, 2.05) is 6.92 Å². The number of hydrogen-bond acceptors (Lipinski definition) is 4. The second-order valence-electron chi connectivity index (χ2n) is 7.16. The van der Waals surface area contributed by atoms with Gasteiger partial charge in [-0.1, -0.05) is 12.1 Å². The van der Waals surface area contributed by atoms with E-state index in [4.69, 9.17) is 11.0 Å². The summed E-state index contributed by atoms with van der Waals surface area (Å²) >= 11 is 0. The maximum Gasteiger partial charge on any atom is 0.416 e. The Morgan fingerprint density at radius 1 is 1.21 bits per heavy atom. The molecule has 1 aliphatic rings. The van der Waals surface area contributed by atoms with Gasteiger partial charge in [0.25, 0.3) is 0 Å². The molecule has 0 bridgehead atoms. The highest BCUT2D eigenvalue weighted by molar-refractivity contribution is 6.08. The maximum atomic E-state index is 13.0. The van der Waals surface area contributed by atoms with Gasteiger partial charge in [0.05, 0.1) is 28.8 Å². The van der Waals surface area contributed by atoms with Crippen molar-refractivity contribution in [2.45, 2.75) is 38.4 Å². The van der Waals surface area contributed by atoms with Gasteiger partial charge in [-0.2, -0.15) is 18.4 Å². The topological polar surface area (TPSA) is 79.2 Å². The molecule has 1 aliphatic carbocycles. The smallest absolute Gasteiger partial charge is 0.323 e. The van der Waals surface area contributed by atoms with Crippen LogP contribution in [0.3, 0.4) is 0 Å². The van der Waals surface area contributed by atoms with Crippen molar-refractivity contribution in [2.75, 3.05) is 0 Å². The van der Waals surface area contributed by atoms with Crippen LogP contribution in [0.2, 0.25) is 0 Å². The summed E-state index contributed by atoms with van der Waals surface area (Å²) in [6.07, 6.45) is -3.02. The number of carbonyl (C=O) groups excluding carboxylic acids is 1. The molecule has 1 fully saturated rings. The number of carbonyl (C=O) groups is 1. The average molecular weight is 399 g/mol. The highest BCUT2D eigenvalue weighted by Crippen LogP contribution is 2.34. The fourth-order valence-electron chi connectivity index (χ4n) is 3.69. The molecule has 29 heavy (non-hydrogen) atoms. The Kier molecular flexibility index (Phi) is 5.85. The minimum Gasteiger partial charge on any atom is -0.323 e. The minimum atomic E-state index is -4.46. The van der Waals surface area contributed by atoms with Gasteiger partial charge in [-0.25, -0.2) is 0 Å². The normalized spacial score (nSPS) is 19.8. The van der Waals surface area contributed by atoms with Crippen LogP contribution in [0, 0.1) is 24.2 Å². The summed E-state index contributed by atoms with van der Waals surface area (Å²) in [5, 5.41) is 9.03. The first-order valence-corrected chi connectivity index (χ1v) is 9.24. The Labute approximate surface area is 166 Å². The fourth-order valence-corrected chi connectivity index (χ4v) is 3.69. The van der Waals surface area contributed by atoms with E-state index in [1.54, 1.807) is 18.2 Å². The van der Waals surface area contributed by atoms with Crippen LogP contribution < -0.4 is 5.73 Å². The number of aliphatic imine (C=N–C) groups is 1. The standard InChI is InChI=1S/C22H20F3N3O/c1-13-10-14(12-26)8-9-17(13)21(27)20-18(6-3-7-19(20)29)28-16-5-2-4-15(11-16)22(23,24)25/h2,4-5,8-11,20-21H,3,6-7,27H2,1H3. The summed E-state index contributed by atoms with van der Waals surface area (Å²) < 4.78 is 39.0. The van der Waals surface area contributed by atoms with Gasteiger partial charge in [0, 0.05) is 18.2 Å². The largest absolute Gasteiger partial charge is 0.416 e. The van der Waals surface area contributed by atoms with E-state index in [-0.39, 0.29) is 11.5 Å². The first-order chi connectivity index (χ1) is 13.7. The molecule has 0 amide bonds. The van der Waals surface area contributed by atoms with Crippen LogP contribution in [0.1, 0.15) is 47.6 Å². The summed E-state index contributed by atoms with van der Waals surface area (Å²) in [4.78, 5) is 17.1. The number of benzene rings is 2. The number of nitriles is 1. The van der Waals surface area contributed by atoms with Crippen LogP contribution >= 0.6 is 0 Å². The lowest BCUT2D eigenvalue weighted by Crippen LogP contribution is -2.38. The Morgan fingerprint density at radius 2 is 1.97 bits per heavy atom. The van der Waals surface area contributed by atoms with Crippen molar-refractivity contribution in [1.29, 1.82) is 5.26 Å². The van der Waals surface area contributed by atoms with Gasteiger partial charge in [0.15, 0.2) is 0 Å². The van der Waals surface area contributed by atoms with Gasteiger partial charge in [0.2, 0.25) is 0 Å². The second-order valence-corrected chi connectivity index (χ2v) is 7.16. The number of nitrogens with zero attached hydrogens (tertiary/aromatic N) is 2. The Balaban J connectivity index is 1.99. The average Bonchev–Trinajstić information content (AvgIpc) is 2.67. The number of Topliss-reactive ketones (excluding diaryl/α,β-unsaturated/α-hetero) is 1. The predicted octanol–water partition coefficient (Wildman–Crippen LogP) is 5.03. The summed E-state index contributed by atoms with van der Waals surface area (Å²) in [5.74, 6) is -0.775. The van der Waals surface area contributed by atoms with E-state index in [0.717, 1.165) is 23.3 Å². The molecule has 2 aromatic rings. The zero-order valence-corrected chi connectivity index (χ0v) is 15.8. The van der Waals surface area contributed by atoms with E-state index in [9.17, 15) is 18.0 Å². The van der Waals surface area contributed by atoms with E-state index >= 15 is 0 Å². The van der Waals surface area contributed by atoms with Crippen molar-refractivity contribution >= 4 is 17.2 Å². The number of halogens is 3. The molecule has 0 spiro atoms. The number of nitrogens with two attached hydrogens (primary N) is 1. The van der Waals surface area contributed by atoms with Gasteiger partial charge >= 0.3 is 6.18 Å². The van der Waals surface area contributed by atoms with Gasteiger partial charge < -0.3 is 5.73 Å². The predicted molar refractivity (Wildman–Crippen MR) is 104 cm³/mol. The second kappa shape index (κ2) is 8.18. The van der Waals surface area contributed by atoms with Crippen molar-refractivity contribution in [3.8, 4) is 6.07 Å². The third-order valence-corrected chi connectivity index (χ3v) is 5.13. The van der Waals surface area contributed by atoms with E-state index in [1.165, 1.54) is 12.1 Å². The molecule has 4 nitrogen and oxygen atoms in total. The summed E-state index contributed by atoms with van der Waals surface area (Å²) in [7, 11) is 0. The number of ketones is 1. The zero-order valence-electron chi connectivity index (χ0n) is 15.8. The third kappa shape index (κ3) is 4.54. The number of rotatable bonds is 3. The first kappa shape index (κ1) is 20.7. The molecule has 0 aliphatic heterocycles. The molecule has 3 rings (SSSR count). The summed E-state index contributed by atoms with van der Waals surface area (Å²) in [5.41, 5.74) is 8.29. The lowest BCUT2D eigenvalue weighted by atomic mass is 9.78.